The van der Waals surface area contributed by atoms with E-state index in [1.165, 1.54) is 35.1 Å². The first-order chi connectivity index (χ1) is 16.9. The normalized spacial score (nSPS) is 16.9. The first-order valence-corrected chi connectivity index (χ1v) is 13.2. The Balaban J connectivity index is 1.62. The van der Waals surface area contributed by atoms with Gasteiger partial charge in [-0.25, -0.2) is 4.99 Å². The number of hydrogen-bond donors (Lipinski definition) is 1. The first kappa shape index (κ1) is 22.1. The lowest BCUT2D eigenvalue weighted by molar-refractivity contribution is -0.385. The lowest BCUT2D eigenvalue weighted by Crippen LogP contribution is -2.38. The molecule has 0 saturated heterocycles. The number of allylic oxidation sites excluding steroid dienone is 1. The van der Waals surface area contributed by atoms with Crippen molar-refractivity contribution in [3.63, 3.8) is 0 Å². The fourth-order valence-electron chi connectivity index (χ4n) is 4.68. The predicted octanol–water partition coefficient (Wildman–Crippen LogP) is 4.76. The number of aromatic nitrogens is 1. The van der Waals surface area contributed by atoms with Gasteiger partial charge in [0.25, 0.3) is 11.2 Å². The van der Waals surface area contributed by atoms with Crippen molar-refractivity contribution in [2.75, 3.05) is 0 Å². The highest BCUT2D eigenvalue weighted by molar-refractivity contribution is 9.10. The molecule has 174 valence electrons. The average molecular weight is 566 g/mol. The molecule has 7 nitrogen and oxygen atoms in total. The minimum absolute atomic E-state index is 0.163. The number of phenols is 1. The van der Waals surface area contributed by atoms with E-state index in [0.717, 1.165) is 34.6 Å². The zero-order valence-corrected chi connectivity index (χ0v) is 21.2. The molecular weight excluding hydrogens is 550 g/mol. The van der Waals surface area contributed by atoms with Crippen LogP contribution in [-0.4, -0.2) is 14.6 Å². The van der Waals surface area contributed by atoms with Crippen molar-refractivity contribution < 1.29 is 10.0 Å². The monoisotopic (exact) mass is 565 g/mol. The highest BCUT2D eigenvalue weighted by Crippen LogP contribution is 2.42. The zero-order valence-electron chi connectivity index (χ0n) is 18.0. The van der Waals surface area contributed by atoms with Gasteiger partial charge in [-0.1, -0.05) is 41.7 Å². The average Bonchev–Trinajstić information content (AvgIpc) is 3.49. The maximum atomic E-state index is 13.7. The molecule has 2 aromatic heterocycles. The Kier molecular flexibility index (Phi) is 5.32. The Morgan fingerprint density at radius 1 is 1.20 bits per heavy atom. The minimum atomic E-state index is -0.536. The largest absolute Gasteiger partial charge is 0.506 e. The molecule has 0 saturated carbocycles. The fraction of sp³-hybridized carbons (Fsp3) is 0.120. The van der Waals surface area contributed by atoms with Crippen LogP contribution in [0.2, 0.25) is 0 Å². The Bertz CT molecular complexity index is 1740. The molecule has 0 radical (unpaired) electrons. The molecule has 0 fully saturated rings. The van der Waals surface area contributed by atoms with Crippen LogP contribution in [0.3, 0.4) is 0 Å². The molecule has 0 bridgehead atoms. The number of halogens is 1. The van der Waals surface area contributed by atoms with Gasteiger partial charge in [0.15, 0.2) is 4.80 Å². The first-order valence-electron chi connectivity index (χ1n) is 10.8. The molecule has 4 aromatic rings. The van der Waals surface area contributed by atoms with Crippen molar-refractivity contribution in [3.8, 4) is 5.75 Å². The Morgan fingerprint density at radius 2 is 2.03 bits per heavy atom. The number of nitro groups is 1. The van der Waals surface area contributed by atoms with Gasteiger partial charge in [0.05, 0.1) is 25.7 Å². The number of non-ortho nitro benzene ring substituents is 1. The summed E-state index contributed by atoms with van der Waals surface area (Å²) >= 11 is 5.99. The maximum absolute atomic E-state index is 13.7. The van der Waals surface area contributed by atoms with Crippen LogP contribution in [0.5, 0.6) is 5.75 Å². The summed E-state index contributed by atoms with van der Waals surface area (Å²) in [7, 11) is 0. The third-order valence-corrected chi connectivity index (χ3v) is 8.77. The predicted molar refractivity (Wildman–Crippen MR) is 140 cm³/mol. The molecule has 1 N–H and O–H groups in total. The summed E-state index contributed by atoms with van der Waals surface area (Å²) in [5.41, 5.74) is 4.14. The van der Waals surface area contributed by atoms with Crippen LogP contribution in [0.25, 0.3) is 11.8 Å². The van der Waals surface area contributed by atoms with Crippen LogP contribution in [-0.2, 0) is 6.42 Å². The lowest BCUT2D eigenvalue weighted by atomic mass is 9.85. The van der Waals surface area contributed by atoms with Crippen molar-refractivity contribution in [1.82, 2.24) is 4.57 Å². The summed E-state index contributed by atoms with van der Waals surface area (Å²) in [6.07, 6.45) is 3.19. The van der Waals surface area contributed by atoms with E-state index in [9.17, 15) is 20.0 Å². The van der Waals surface area contributed by atoms with Crippen LogP contribution in [0.4, 0.5) is 5.69 Å². The van der Waals surface area contributed by atoms with Gasteiger partial charge < -0.3 is 5.11 Å². The van der Waals surface area contributed by atoms with E-state index in [0.29, 0.717) is 9.33 Å². The second kappa shape index (κ2) is 8.40. The van der Waals surface area contributed by atoms with Crippen molar-refractivity contribution in [3.05, 3.63) is 115 Å². The van der Waals surface area contributed by atoms with Crippen LogP contribution < -0.4 is 14.9 Å². The molecule has 6 rings (SSSR count). The third kappa shape index (κ3) is 3.60. The molecule has 0 amide bonds. The van der Waals surface area contributed by atoms with Crippen LogP contribution in [0, 0.1) is 10.1 Å². The van der Waals surface area contributed by atoms with E-state index >= 15 is 0 Å². The third-order valence-electron chi connectivity index (χ3n) is 6.26. The fourth-order valence-corrected chi connectivity index (χ4v) is 6.98. The number of phenolic OH excluding ortho intramolecular Hbond substituents is 1. The topological polar surface area (TPSA) is 97.7 Å². The maximum Gasteiger partial charge on any atom is 0.271 e. The molecule has 2 aromatic carbocycles. The number of aromatic hydroxyl groups is 1. The van der Waals surface area contributed by atoms with E-state index in [2.05, 4.69) is 28.1 Å². The number of rotatable bonds is 3. The van der Waals surface area contributed by atoms with Gasteiger partial charge in [0, 0.05) is 28.1 Å². The van der Waals surface area contributed by atoms with Gasteiger partial charge in [-0.2, -0.15) is 0 Å². The Hall–Kier alpha value is -3.34. The van der Waals surface area contributed by atoms with Gasteiger partial charge >= 0.3 is 0 Å². The van der Waals surface area contributed by atoms with Crippen molar-refractivity contribution >= 4 is 56.1 Å². The van der Waals surface area contributed by atoms with Gasteiger partial charge in [-0.15, -0.1) is 11.3 Å². The summed E-state index contributed by atoms with van der Waals surface area (Å²) in [5.74, 6) is -0.163. The summed E-state index contributed by atoms with van der Waals surface area (Å²) in [5, 5.41) is 23.8. The summed E-state index contributed by atoms with van der Waals surface area (Å²) in [6.45, 7) is 0. The van der Waals surface area contributed by atoms with Crippen molar-refractivity contribution in [2.24, 2.45) is 4.99 Å². The van der Waals surface area contributed by atoms with E-state index in [-0.39, 0.29) is 33.1 Å². The quantitative estimate of drug-likeness (QED) is 0.286. The smallest absolute Gasteiger partial charge is 0.271 e. The van der Waals surface area contributed by atoms with E-state index < -0.39 is 4.92 Å². The molecule has 10 heteroatoms. The number of nitro benzene ring substituents is 1. The number of thiophene rings is 1. The highest BCUT2D eigenvalue weighted by atomic mass is 79.9. The zero-order chi connectivity index (χ0) is 24.3. The number of nitrogens with zero attached hydrogens (tertiary/aromatic N) is 3. The van der Waals surface area contributed by atoms with Gasteiger partial charge in [-0.05, 0) is 57.4 Å². The lowest BCUT2D eigenvalue weighted by Gasteiger charge is -2.30. The molecule has 0 unspecified atom stereocenters. The minimum Gasteiger partial charge on any atom is -0.506 e. The number of hydrogen-bond acceptors (Lipinski definition) is 7. The van der Waals surface area contributed by atoms with E-state index in [1.807, 2.05) is 29.6 Å². The van der Waals surface area contributed by atoms with E-state index in [1.54, 1.807) is 15.9 Å². The Morgan fingerprint density at radius 3 is 2.80 bits per heavy atom. The molecule has 1 aliphatic heterocycles. The Labute approximate surface area is 214 Å². The van der Waals surface area contributed by atoms with Gasteiger partial charge in [0.2, 0.25) is 0 Å². The van der Waals surface area contributed by atoms with Crippen LogP contribution >= 0.6 is 38.6 Å². The summed E-state index contributed by atoms with van der Waals surface area (Å²) in [6, 6.07) is 14.5. The van der Waals surface area contributed by atoms with E-state index in [4.69, 9.17) is 4.99 Å². The highest BCUT2D eigenvalue weighted by Gasteiger charge is 2.33. The van der Waals surface area contributed by atoms with Gasteiger partial charge in [0.1, 0.15) is 5.75 Å². The molecule has 35 heavy (non-hydrogen) atoms. The number of benzene rings is 2. The summed E-state index contributed by atoms with van der Waals surface area (Å²) in [4.78, 5) is 31.0. The number of fused-ring (bicyclic) bond motifs is 3. The van der Waals surface area contributed by atoms with Crippen LogP contribution in [0.15, 0.2) is 73.7 Å². The van der Waals surface area contributed by atoms with Crippen molar-refractivity contribution in [2.45, 2.75) is 18.9 Å². The molecule has 2 aliphatic rings. The molecule has 3 heterocycles. The SMILES string of the molecule is O=c1/c(=C\c2cc([N+](=O)[O-])cc(Br)c2O)sc2n1[C@@H](c1cccs1)C1=C(N=2)c2ccccc2CC1. The molecule has 1 atom stereocenters. The standard InChI is InChI=1S/C25H16BrN3O4S2/c26-18-12-15(29(32)33)10-14(23(18)30)11-20-24(31)28-22(19-6-3-9-34-19)17-8-7-13-4-1-2-5-16(13)21(17)27-25(28)35-20/h1-6,9-12,22,30H,7-8H2/b20-11+/t22-/m1/s1. The summed E-state index contributed by atoms with van der Waals surface area (Å²) < 4.78 is 2.26. The molecule has 0 spiro atoms. The molecular formula is C25H16BrN3O4S2. The number of thiazole rings is 1. The second-order valence-electron chi connectivity index (χ2n) is 8.25. The number of aryl methyl sites for hydroxylation is 1. The van der Waals surface area contributed by atoms with Gasteiger partial charge in [-0.3, -0.25) is 19.5 Å². The van der Waals surface area contributed by atoms with Crippen LogP contribution in [0.1, 0.15) is 34.0 Å². The van der Waals surface area contributed by atoms with Crippen molar-refractivity contribution in [1.29, 1.82) is 0 Å². The second-order valence-corrected chi connectivity index (χ2v) is 11.1. The molecule has 1 aliphatic carbocycles.